The first kappa shape index (κ1) is 19.2. The van der Waals surface area contributed by atoms with E-state index in [0.717, 1.165) is 22.2 Å². The number of rotatable bonds is 7. The molecule has 3 aromatic rings. The predicted octanol–water partition coefficient (Wildman–Crippen LogP) is 3.92. The highest BCUT2D eigenvalue weighted by molar-refractivity contribution is 6.02. The molecule has 3 rings (SSSR count). The van der Waals surface area contributed by atoms with Gasteiger partial charge in [0.05, 0.1) is 26.0 Å². The number of hydrogen-bond acceptors (Lipinski definition) is 4. The number of nitrogens with one attached hydrogen (secondary N) is 1. The van der Waals surface area contributed by atoms with Crippen LogP contribution in [0.15, 0.2) is 60.2 Å². The Kier molecular flexibility index (Phi) is 5.79. The fourth-order valence-corrected chi connectivity index (χ4v) is 3.19. The first-order valence-electron chi connectivity index (χ1n) is 8.84. The Morgan fingerprint density at radius 3 is 2.71 bits per heavy atom. The molecule has 28 heavy (non-hydrogen) atoms. The summed E-state index contributed by atoms with van der Waals surface area (Å²) in [6.45, 7) is 6.56. The third-order valence-electron chi connectivity index (χ3n) is 4.60. The number of methoxy groups -OCH3 is 2. The van der Waals surface area contributed by atoms with Crippen molar-refractivity contribution in [2.75, 3.05) is 14.2 Å². The van der Waals surface area contributed by atoms with E-state index < -0.39 is 0 Å². The Hall–Kier alpha value is -3.54. The maximum Gasteiger partial charge on any atom is 0.275 e. The molecule has 0 unspecified atom stereocenters. The molecular weight excluding hydrogens is 354 g/mol. The van der Waals surface area contributed by atoms with E-state index in [9.17, 15) is 4.79 Å². The molecule has 0 radical (unpaired) electrons. The number of para-hydroxylation sites is 1. The molecule has 1 aromatic heterocycles. The molecule has 0 aliphatic carbocycles. The van der Waals surface area contributed by atoms with Gasteiger partial charge in [-0.05, 0) is 25.1 Å². The van der Waals surface area contributed by atoms with Gasteiger partial charge in [-0.3, -0.25) is 4.79 Å². The summed E-state index contributed by atoms with van der Waals surface area (Å²) in [4.78, 5) is 12.5. The Balaban J connectivity index is 1.87. The lowest BCUT2D eigenvalue weighted by molar-refractivity contribution is 0.0952. The molecule has 0 fully saturated rings. The number of carbonyl (C=O) groups excluding carboxylic acids is 1. The average Bonchev–Trinajstić information content (AvgIpc) is 2.99. The summed E-state index contributed by atoms with van der Waals surface area (Å²) in [5, 5.41) is 5.24. The smallest absolute Gasteiger partial charge is 0.275 e. The zero-order valence-electron chi connectivity index (χ0n) is 16.2. The van der Waals surface area contributed by atoms with Crippen LogP contribution >= 0.6 is 0 Å². The molecule has 0 aliphatic rings. The monoisotopic (exact) mass is 377 g/mol. The first-order chi connectivity index (χ1) is 13.6. The molecule has 0 aliphatic heterocycles. The van der Waals surface area contributed by atoms with E-state index in [-0.39, 0.29) is 5.91 Å². The number of hydrogen-bond donors (Lipinski definition) is 1. The Morgan fingerprint density at radius 1 is 1.21 bits per heavy atom. The van der Waals surface area contributed by atoms with E-state index in [1.54, 1.807) is 31.5 Å². The molecule has 0 saturated heterocycles. The van der Waals surface area contributed by atoms with Crippen molar-refractivity contribution >= 4 is 23.0 Å². The van der Waals surface area contributed by atoms with Crippen LogP contribution in [-0.4, -0.2) is 30.9 Å². The van der Waals surface area contributed by atoms with Crippen molar-refractivity contribution in [2.24, 2.45) is 5.10 Å². The number of hydrazone groups is 1. The summed E-state index contributed by atoms with van der Waals surface area (Å²) < 4.78 is 12.6. The van der Waals surface area contributed by atoms with Crippen molar-refractivity contribution < 1.29 is 14.3 Å². The van der Waals surface area contributed by atoms with E-state index >= 15 is 0 Å². The minimum absolute atomic E-state index is 0.358. The molecule has 1 amide bonds. The quantitative estimate of drug-likeness (QED) is 0.386. The van der Waals surface area contributed by atoms with E-state index in [0.29, 0.717) is 23.6 Å². The molecule has 6 heteroatoms. The van der Waals surface area contributed by atoms with Gasteiger partial charge in [0.15, 0.2) is 0 Å². The maximum atomic E-state index is 12.5. The molecule has 2 aromatic carbocycles. The van der Waals surface area contributed by atoms with Crippen molar-refractivity contribution in [1.82, 2.24) is 9.99 Å². The number of benzene rings is 2. The molecule has 0 spiro atoms. The average molecular weight is 377 g/mol. The van der Waals surface area contributed by atoms with Gasteiger partial charge >= 0.3 is 0 Å². The van der Waals surface area contributed by atoms with Crippen molar-refractivity contribution in [1.29, 1.82) is 0 Å². The van der Waals surface area contributed by atoms with Gasteiger partial charge in [-0.1, -0.05) is 24.3 Å². The van der Waals surface area contributed by atoms with Crippen LogP contribution in [0.25, 0.3) is 10.9 Å². The summed E-state index contributed by atoms with van der Waals surface area (Å²) in [6, 6.07) is 13.1. The number of fused-ring (bicyclic) bond motifs is 1. The maximum absolute atomic E-state index is 12.5. The normalized spacial score (nSPS) is 11.0. The highest BCUT2D eigenvalue weighted by atomic mass is 16.5. The van der Waals surface area contributed by atoms with Crippen molar-refractivity contribution in [3.05, 3.63) is 71.9 Å². The second-order valence-electron chi connectivity index (χ2n) is 6.18. The predicted molar refractivity (Wildman–Crippen MR) is 111 cm³/mol. The van der Waals surface area contributed by atoms with E-state index in [1.165, 1.54) is 7.11 Å². The zero-order valence-corrected chi connectivity index (χ0v) is 16.2. The molecule has 6 nitrogen and oxygen atoms in total. The van der Waals surface area contributed by atoms with Gasteiger partial charge in [-0.15, -0.1) is 6.58 Å². The molecule has 1 heterocycles. The first-order valence-corrected chi connectivity index (χ1v) is 8.84. The van der Waals surface area contributed by atoms with Gasteiger partial charge in [-0.25, -0.2) is 5.43 Å². The molecule has 0 atom stereocenters. The number of nitrogens with zero attached hydrogens (tertiary/aromatic N) is 2. The van der Waals surface area contributed by atoms with Gasteiger partial charge in [0.2, 0.25) is 0 Å². The lowest BCUT2D eigenvalue weighted by Crippen LogP contribution is -2.18. The molecule has 1 N–H and O–H groups in total. The minimum Gasteiger partial charge on any atom is -0.497 e. The molecular formula is C22H23N3O3. The topological polar surface area (TPSA) is 64.9 Å². The van der Waals surface area contributed by atoms with E-state index in [1.807, 2.05) is 31.2 Å². The Labute approximate surface area is 164 Å². The molecule has 0 saturated carbocycles. The van der Waals surface area contributed by atoms with E-state index in [4.69, 9.17) is 9.47 Å². The van der Waals surface area contributed by atoms with Crippen LogP contribution in [0.4, 0.5) is 0 Å². The van der Waals surface area contributed by atoms with Crippen molar-refractivity contribution in [2.45, 2.75) is 13.5 Å². The number of aromatic nitrogens is 1. The Morgan fingerprint density at radius 2 is 2.00 bits per heavy atom. The fourth-order valence-electron chi connectivity index (χ4n) is 3.19. The number of amides is 1. The Bertz CT molecular complexity index is 1050. The van der Waals surface area contributed by atoms with Gasteiger partial charge in [0.25, 0.3) is 5.91 Å². The van der Waals surface area contributed by atoms with Crippen LogP contribution in [0.3, 0.4) is 0 Å². The van der Waals surface area contributed by atoms with Gasteiger partial charge in [-0.2, -0.15) is 5.10 Å². The van der Waals surface area contributed by atoms with Crippen LogP contribution in [0.1, 0.15) is 21.6 Å². The third kappa shape index (κ3) is 3.62. The molecule has 0 bridgehead atoms. The lowest BCUT2D eigenvalue weighted by Gasteiger charge is -2.08. The summed E-state index contributed by atoms with van der Waals surface area (Å²) >= 11 is 0. The second kappa shape index (κ2) is 8.43. The highest BCUT2D eigenvalue weighted by Crippen LogP contribution is 2.25. The number of allylic oxidation sites excluding steroid dienone is 1. The SMILES string of the molecule is C=CCn1c(C)c(/C=N\NC(=O)c2ccc(OC)cc2OC)c2ccccc21. The summed E-state index contributed by atoms with van der Waals surface area (Å²) in [7, 11) is 3.07. The van der Waals surface area contributed by atoms with Crippen LogP contribution < -0.4 is 14.9 Å². The fraction of sp³-hybridized carbons (Fsp3) is 0.182. The zero-order chi connectivity index (χ0) is 20.1. The van der Waals surface area contributed by atoms with Crippen LogP contribution in [0.2, 0.25) is 0 Å². The van der Waals surface area contributed by atoms with Crippen LogP contribution in [-0.2, 0) is 6.54 Å². The number of ether oxygens (including phenoxy) is 2. The van der Waals surface area contributed by atoms with Gasteiger partial charge in [0, 0.05) is 34.8 Å². The third-order valence-corrected chi connectivity index (χ3v) is 4.60. The van der Waals surface area contributed by atoms with Crippen molar-refractivity contribution in [3.63, 3.8) is 0 Å². The standard InChI is InChI=1S/C22H23N3O3/c1-5-12-25-15(2)19(17-8-6-7-9-20(17)25)14-23-24-22(26)18-11-10-16(27-3)13-21(18)28-4/h5-11,13-14H,1,12H2,2-4H3,(H,24,26)/b23-14-. The summed E-state index contributed by atoms with van der Waals surface area (Å²) in [5.41, 5.74) is 6.07. The molecule has 144 valence electrons. The lowest BCUT2D eigenvalue weighted by atomic mass is 10.1. The summed E-state index contributed by atoms with van der Waals surface area (Å²) in [5.74, 6) is 0.677. The number of carbonyl (C=O) groups is 1. The minimum atomic E-state index is -0.358. The van der Waals surface area contributed by atoms with Crippen LogP contribution in [0, 0.1) is 6.92 Å². The van der Waals surface area contributed by atoms with Gasteiger partial charge in [0.1, 0.15) is 11.5 Å². The largest absolute Gasteiger partial charge is 0.497 e. The second-order valence-corrected chi connectivity index (χ2v) is 6.18. The van der Waals surface area contributed by atoms with Crippen molar-refractivity contribution in [3.8, 4) is 11.5 Å². The van der Waals surface area contributed by atoms with Gasteiger partial charge < -0.3 is 14.0 Å². The van der Waals surface area contributed by atoms with Crippen LogP contribution in [0.5, 0.6) is 11.5 Å². The highest BCUT2D eigenvalue weighted by Gasteiger charge is 2.14. The van der Waals surface area contributed by atoms with E-state index in [2.05, 4.69) is 27.7 Å². The summed E-state index contributed by atoms with van der Waals surface area (Å²) in [6.07, 6.45) is 3.53.